The second-order valence-electron chi connectivity index (χ2n) is 5.31. The SMILES string of the molecule is COC(=O)CCCCNC(=O)CNC(=O)c1ccc(OC(F)F)c(OC)c1. The highest BCUT2D eigenvalue weighted by molar-refractivity contribution is 5.97. The first-order valence-corrected chi connectivity index (χ1v) is 8.12. The zero-order valence-electron chi connectivity index (χ0n) is 15.1. The number of halogens is 2. The van der Waals surface area contributed by atoms with E-state index in [0.717, 1.165) is 0 Å². The summed E-state index contributed by atoms with van der Waals surface area (Å²) in [5, 5.41) is 5.01. The molecule has 0 aliphatic carbocycles. The van der Waals surface area contributed by atoms with E-state index in [1.165, 1.54) is 32.4 Å². The summed E-state index contributed by atoms with van der Waals surface area (Å²) in [6.07, 6.45) is 1.44. The maximum absolute atomic E-state index is 12.3. The van der Waals surface area contributed by atoms with Gasteiger partial charge in [0.15, 0.2) is 11.5 Å². The van der Waals surface area contributed by atoms with Crippen LogP contribution in [-0.2, 0) is 14.3 Å². The summed E-state index contributed by atoms with van der Waals surface area (Å²) in [5.74, 6) is -1.51. The number of benzene rings is 1. The molecule has 0 bridgehead atoms. The third kappa shape index (κ3) is 8.34. The highest BCUT2D eigenvalue weighted by atomic mass is 19.3. The van der Waals surface area contributed by atoms with Gasteiger partial charge in [0.1, 0.15) is 0 Å². The Labute approximate surface area is 155 Å². The smallest absolute Gasteiger partial charge is 0.387 e. The summed E-state index contributed by atoms with van der Waals surface area (Å²) in [6, 6.07) is 3.69. The number of esters is 1. The number of hydrogen-bond acceptors (Lipinski definition) is 6. The molecule has 1 aromatic rings. The molecule has 10 heteroatoms. The molecule has 0 spiro atoms. The van der Waals surface area contributed by atoms with Crippen molar-refractivity contribution in [2.45, 2.75) is 25.9 Å². The van der Waals surface area contributed by atoms with Crippen molar-refractivity contribution >= 4 is 17.8 Å². The molecule has 0 aliphatic heterocycles. The lowest BCUT2D eigenvalue weighted by molar-refractivity contribution is -0.140. The van der Waals surface area contributed by atoms with Crippen LogP contribution in [0.2, 0.25) is 0 Å². The number of rotatable bonds is 11. The maximum atomic E-state index is 12.3. The average Bonchev–Trinajstić information content (AvgIpc) is 2.65. The first-order valence-electron chi connectivity index (χ1n) is 8.12. The number of hydrogen-bond donors (Lipinski definition) is 2. The van der Waals surface area contributed by atoms with Gasteiger partial charge >= 0.3 is 12.6 Å². The van der Waals surface area contributed by atoms with Crippen LogP contribution in [0.3, 0.4) is 0 Å². The van der Waals surface area contributed by atoms with Gasteiger partial charge in [0.05, 0.1) is 20.8 Å². The number of amides is 2. The largest absolute Gasteiger partial charge is 0.493 e. The van der Waals surface area contributed by atoms with Crippen LogP contribution >= 0.6 is 0 Å². The molecule has 8 nitrogen and oxygen atoms in total. The zero-order valence-corrected chi connectivity index (χ0v) is 15.1. The Bertz CT molecular complexity index is 654. The molecule has 0 unspecified atom stereocenters. The Morgan fingerprint density at radius 1 is 1.07 bits per heavy atom. The number of ether oxygens (including phenoxy) is 3. The fourth-order valence-electron chi connectivity index (χ4n) is 2.05. The fraction of sp³-hybridized carbons (Fsp3) is 0.471. The van der Waals surface area contributed by atoms with Gasteiger partial charge in [0.25, 0.3) is 5.91 Å². The minimum Gasteiger partial charge on any atom is -0.493 e. The summed E-state index contributed by atoms with van der Waals surface area (Å²) < 4.78 is 38.3. The van der Waals surface area contributed by atoms with Crippen molar-refractivity contribution in [3.63, 3.8) is 0 Å². The molecular weight excluding hydrogens is 366 g/mol. The Morgan fingerprint density at radius 2 is 1.81 bits per heavy atom. The molecule has 0 radical (unpaired) electrons. The van der Waals surface area contributed by atoms with Gasteiger partial charge < -0.3 is 24.8 Å². The van der Waals surface area contributed by atoms with E-state index in [1.807, 2.05) is 0 Å². The van der Waals surface area contributed by atoms with Crippen LogP contribution in [0.4, 0.5) is 8.78 Å². The standard InChI is InChI=1S/C17H22F2N2O6/c1-25-13-9-11(6-7-12(13)27-17(18)19)16(24)21-10-14(22)20-8-4-3-5-15(23)26-2/h6-7,9,17H,3-5,8,10H2,1-2H3,(H,20,22)(H,21,24). The van der Waals surface area contributed by atoms with Gasteiger partial charge in [-0.25, -0.2) is 0 Å². The highest BCUT2D eigenvalue weighted by Gasteiger charge is 2.14. The van der Waals surface area contributed by atoms with Crippen LogP contribution in [0, 0.1) is 0 Å². The maximum Gasteiger partial charge on any atom is 0.387 e. The summed E-state index contributed by atoms with van der Waals surface area (Å²) in [5.41, 5.74) is 0.124. The van der Waals surface area contributed by atoms with Crippen molar-refractivity contribution < 1.29 is 37.4 Å². The van der Waals surface area contributed by atoms with E-state index in [4.69, 9.17) is 4.74 Å². The Hall–Kier alpha value is -2.91. The van der Waals surface area contributed by atoms with E-state index in [1.54, 1.807) is 0 Å². The average molecular weight is 388 g/mol. The fourth-order valence-corrected chi connectivity index (χ4v) is 2.05. The van der Waals surface area contributed by atoms with E-state index >= 15 is 0 Å². The van der Waals surface area contributed by atoms with E-state index in [2.05, 4.69) is 20.1 Å². The molecule has 0 saturated heterocycles. The Kier molecular flexibility index (Phi) is 9.55. The van der Waals surface area contributed by atoms with Gasteiger partial charge in [-0.05, 0) is 31.0 Å². The van der Waals surface area contributed by atoms with Gasteiger partial charge in [-0.1, -0.05) is 0 Å². The molecule has 150 valence electrons. The third-order valence-electron chi connectivity index (χ3n) is 3.41. The van der Waals surface area contributed by atoms with Crippen molar-refractivity contribution in [3.05, 3.63) is 23.8 Å². The number of nitrogens with one attached hydrogen (secondary N) is 2. The normalized spacial score (nSPS) is 10.3. The zero-order chi connectivity index (χ0) is 20.2. The monoisotopic (exact) mass is 388 g/mol. The minimum atomic E-state index is -3.02. The molecule has 0 fully saturated rings. The molecule has 2 N–H and O–H groups in total. The summed E-state index contributed by atoms with van der Waals surface area (Å²) in [7, 11) is 2.56. The summed E-state index contributed by atoms with van der Waals surface area (Å²) >= 11 is 0. The van der Waals surface area contributed by atoms with Crippen molar-refractivity contribution in [2.75, 3.05) is 27.3 Å². The summed E-state index contributed by atoms with van der Waals surface area (Å²) in [6.45, 7) is -2.91. The van der Waals surface area contributed by atoms with Crippen molar-refractivity contribution in [3.8, 4) is 11.5 Å². The van der Waals surface area contributed by atoms with Crippen molar-refractivity contribution in [1.29, 1.82) is 0 Å². The predicted molar refractivity (Wildman–Crippen MR) is 90.8 cm³/mol. The van der Waals surface area contributed by atoms with Crippen LogP contribution in [0.15, 0.2) is 18.2 Å². The molecular formula is C17H22F2N2O6. The molecule has 1 aromatic carbocycles. The Morgan fingerprint density at radius 3 is 2.44 bits per heavy atom. The van der Waals surface area contributed by atoms with Crippen LogP contribution in [0.25, 0.3) is 0 Å². The second-order valence-corrected chi connectivity index (χ2v) is 5.31. The van der Waals surface area contributed by atoms with E-state index in [-0.39, 0.29) is 36.0 Å². The van der Waals surface area contributed by atoms with Crippen molar-refractivity contribution in [1.82, 2.24) is 10.6 Å². The molecule has 0 saturated carbocycles. The van der Waals surface area contributed by atoms with Gasteiger partial charge in [0, 0.05) is 18.5 Å². The number of carbonyl (C=O) groups is 3. The van der Waals surface area contributed by atoms with Gasteiger partial charge in [0.2, 0.25) is 5.91 Å². The Balaban J connectivity index is 2.41. The van der Waals surface area contributed by atoms with E-state index < -0.39 is 18.4 Å². The lowest BCUT2D eigenvalue weighted by Gasteiger charge is -2.11. The topological polar surface area (TPSA) is 103 Å². The predicted octanol–water partition coefficient (Wildman–Crippen LogP) is 1.49. The highest BCUT2D eigenvalue weighted by Crippen LogP contribution is 2.29. The van der Waals surface area contributed by atoms with Gasteiger partial charge in [-0.3, -0.25) is 14.4 Å². The van der Waals surface area contributed by atoms with Crippen LogP contribution in [0.5, 0.6) is 11.5 Å². The molecule has 0 aromatic heterocycles. The number of methoxy groups -OCH3 is 2. The molecule has 0 heterocycles. The molecule has 27 heavy (non-hydrogen) atoms. The lowest BCUT2D eigenvalue weighted by atomic mass is 10.2. The molecule has 2 amide bonds. The summed E-state index contributed by atoms with van der Waals surface area (Å²) in [4.78, 5) is 34.7. The quantitative estimate of drug-likeness (QED) is 0.440. The molecule has 1 rings (SSSR count). The van der Waals surface area contributed by atoms with Crippen LogP contribution < -0.4 is 20.1 Å². The van der Waals surface area contributed by atoms with Gasteiger partial charge in [-0.2, -0.15) is 8.78 Å². The van der Waals surface area contributed by atoms with Crippen molar-refractivity contribution in [2.24, 2.45) is 0 Å². The minimum absolute atomic E-state index is 0.0296. The lowest BCUT2D eigenvalue weighted by Crippen LogP contribution is -2.37. The molecule has 0 aliphatic rings. The number of carbonyl (C=O) groups excluding carboxylic acids is 3. The van der Waals surface area contributed by atoms with Crippen LogP contribution in [-0.4, -0.2) is 51.7 Å². The molecule has 0 atom stereocenters. The van der Waals surface area contributed by atoms with Gasteiger partial charge in [-0.15, -0.1) is 0 Å². The number of alkyl halides is 2. The van der Waals surface area contributed by atoms with E-state index in [9.17, 15) is 23.2 Å². The second kappa shape index (κ2) is 11.7. The number of unbranched alkanes of at least 4 members (excludes halogenated alkanes) is 1. The van der Waals surface area contributed by atoms with E-state index in [0.29, 0.717) is 19.4 Å². The third-order valence-corrected chi connectivity index (χ3v) is 3.41. The first kappa shape index (κ1) is 22.1. The first-order chi connectivity index (χ1) is 12.9. The van der Waals surface area contributed by atoms with Crippen LogP contribution in [0.1, 0.15) is 29.6 Å².